The first-order valence-electron chi connectivity index (χ1n) is 8.87. The second-order valence-electron chi connectivity index (χ2n) is 6.42. The zero-order chi connectivity index (χ0) is 17.5. The van der Waals surface area contributed by atoms with Crippen LogP contribution < -0.4 is 10.6 Å². The average molecular weight is 485 g/mol. The third-order valence-electron chi connectivity index (χ3n) is 4.72. The van der Waals surface area contributed by atoms with Crippen LogP contribution in [0.5, 0.6) is 0 Å². The van der Waals surface area contributed by atoms with E-state index in [1.54, 1.807) is 11.3 Å². The van der Waals surface area contributed by atoms with Crippen molar-refractivity contribution >= 4 is 41.3 Å². The molecule has 142 valence electrons. The summed E-state index contributed by atoms with van der Waals surface area (Å²) in [5, 5.41) is 6.88. The Labute approximate surface area is 177 Å². The lowest BCUT2D eigenvalue weighted by atomic mass is 10.2. The third kappa shape index (κ3) is 5.92. The topological polar surface area (TPSA) is 52.6 Å². The van der Waals surface area contributed by atoms with E-state index in [9.17, 15) is 0 Å². The Morgan fingerprint density at radius 2 is 2.12 bits per heavy atom. The van der Waals surface area contributed by atoms with E-state index in [1.807, 2.05) is 19.5 Å². The number of benzene rings is 1. The Bertz CT molecular complexity index is 688. The largest absolute Gasteiger partial charge is 0.355 e. The van der Waals surface area contributed by atoms with Gasteiger partial charge in [-0.2, -0.15) is 0 Å². The summed E-state index contributed by atoms with van der Waals surface area (Å²) in [7, 11) is 1.82. The second-order valence-corrected chi connectivity index (χ2v) is 7.36. The van der Waals surface area contributed by atoms with Gasteiger partial charge in [-0.05, 0) is 31.9 Å². The number of aliphatic imine (C=N–C) groups is 1. The Balaban J connectivity index is 0.00000243. The van der Waals surface area contributed by atoms with Gasteiger partial charge in [-0.3, -0.25) is 9.89 Å². The van der Waals surface area contributed by atoms with Crippen LogP contribution in [-0.4, -0.2) is 42.0 Å². The molecule has 1 saturated heterocycles. The van der Waals surface area contributed by atoms with Crippen LogP contribution in [0.25, 0.3) is 0 Å². The fourth-order valence-electron chi connectivity index (χ4n) is 3.25. The van der Waals surface area contributed by atoms with Gasteiger partial charge in [0.1, 0.15) is 0 Å². The van der Waals surface area contributed by atoms with Crippen molar-refractivity contribution in [1.82, 2.24) is 20.5 Å². The Morgan fingerprint density at radius 3 is 2.81 bits per heavy atom. The smallest absolute Gasteiger partial charge is 0.191 e. The molecular formula is C19H28IN5S. The van der Waals surface area contributed by atoms with Crippen molar-refractivity contribution < 1.29 is 0 Å². The molecule has 2 N–H and O–H groups in total. The van der Waals surface area contributed by atoms with Crippen LogP contribution in [0, 0.1) is 6.92 Å². The minimum atomic E-state index is 0. The zero-order valence-corrected chi connectivity index (χ0v) is 18.6. The van der Waals surface area contributed by atoms with Crippen LogP contribution in [0.1, 0.15) is 29.0 Å². The summed E-state index contributed by atoms with van der Waals surface area (Å²) in [5.74, 6) is 0.861. The minimum Gasteiger partial charge on any atom is -0.355 e. The van der Waals surface area contributed by atoms with Crippen LogP contribution in [0.2, 0.25) is 0 Å². The molecule has 2 aromatic rings. The predicted octanol–water partition coefficient (Wildman–Crippen LogP) is 3.40. The summed E-state index contributed by atoms with van der Waals surface area (Å²) in [4.78, 5) is 12.5. The van der Waals surface area contributed by atoms with Gasteiger partial charge in [-0.15, -0.1) is 35.3 Å². The van der Waals surface area contributed by atoms with Crippen molar-refractivity contribution in [2.45, 2.75) is 38.9 Å². The van der Waals surface area contributed by atoms with E-state index in [-0.39, 0.29) is 24.0 Å². The van der Waals surface area contributed by atoms with Crippen LogP contribution in [0.15, 0.2) is 40.8 Å². The van der Waals surface area contributed by atoms with E-state index in [0.717, 1.165) is 31.3 Å². The van der Waals surface area contributed by atoms with Crippen molar-refractivity contribution in [1.29, 1.82) is 0 Å². The molecule has 3 rings (SSSR count). The standard InChI is InChI=1S/C19H27N5S.HI/c1-15-18(25-14-23-15)12-22-19(20-2)21-11-17-9-6-10-24(17)13-16-7-4-3-5-8-16;/h3-5,7-8,14,17H,6,9-13H2,1-2H3,(H2,20,21,22);1H. The van der Waals surface area contributed by atoms with Crippen molar-refractivity contribution in [3.8, 4) is 0 Å². The average Bonchev–Trinajstić information content (AvgIpc) is 3.25. The molecule has 0 amide bonds. The summed E-state index contributed by atoms with van der Waals surface area (Å²) >= 11 is 1.68. The molecule has 1 unspecified atom stereocenters. The molecule has 0 aliphatic carbocycles. The fraction of sp³-hybridized carbons (Fsp3) is 0.474. The van der Waals surface area contributed by atoms with Crippen LogP contribution in [0.4, 0.5) is 0 Å². The lowest BCUT2D eigenvalue weighted by Crippen LogP contribution is -2.44. The normalized spacial score (nSPS) is 17.8. The van der Waals surface area contributed by atoms with E-state index in [0.29, 0.717) is 6.04 Å². The van der Waals surface area contributed by atoms with Crippen LogP contribution in [0.3, 0.4) is 0 Å². The number of nitrogens with one attached hydrogen (secondary N) is 2. The van der Waals surface area contributed by atoms with Crippen molar-refractivity contribution in [3.63, 3.8) is 0 Å². The predicted molar refractivity (Wildman–Crippen MR) is 120 cm³/mol. The molecule has 7 heteroatoms. The molecule has 0 radical (unpaired) electrons. The lowest BCUT2D eigenvalue weighted by Gasteiger charge is -2.25. The number of thiazole rings is 1. The van der Waals surface area contributed by atoms with Crippen LogP contribution in [-0.2, 0) is 13.1 Å². The maximum atomic E-state index is 4.35. The number of aromatic nitrogens is 1. The summed E-state index contributed by atoms with van der Waals surface area (Å²) in [6.07, 6.45) is 2.51. The number of halogens is 1. The molecular weight excluding hydrogens is 457 g/mol. The molecule has 1 aliphatic heterocycles. The van der Waals surface area contributed by atoms with Gasteiger partial charge in [0.2, 0.25) is 0 Å². The van der Waals surface area contributed by atoms with E-state index in [2.05, 4.69) is 55.8 Å². The summed E-state index contributed by atoms with van der Waals surface area (Å²) in [6.45, 7) is 5.94. The summed E-state index contributed by atoms with van der Waals surface area (Å²) in [6, 6.07) is 11.3. The number of guanidine groups is 1. The minimum absolute atomic E-state index is 0. The van der Waals surface area contributed by atoms with Crippen molar-refractivity contribution in [3.05, 3.63) is 52.0 Å². The highest BCUT2D eigenvalue weighted by Gasteiger charge is 2.24. The Morgan fingerprint density at radius 1 is 1.31 bits per heavy atom. The van der Waals surface area contributed by atoms with Gasteiger partial charge >= 0.3 is 0 Å². The second kappa shape index (κ2) is 10.8. The Kier molecular flexibility index (Phi) is 8.80. The van der Waals surface area contributed by atoms with Crippen molar-refractivity contribution in [2.75, 3.05) is 20.1 Å². The van der Waals surface area contributed by atoms with Gasteiger partial charge in [0.05, 0.1) is 17.7 Å². The molecule has 2 heterocycles. The lowest BCUT2D eigenvalue weighted by molar-refractivity contribution is 0.245. The van der Waals surface area contributed by atoms with Crippen LogP contribution >= 0.6 is 35.3 Å². The highest BCUT2D eigenvalue weighted by molar-refractivity contribution is 14.0. The number of hydrogen-bond donors (Lipinski definition) is 2. The maximum Gasteiger partial charge on any atom is 0.191 e. The number of likely N-dealkylation sites (tertiary alicyclic amines) is 1. The molecule has 0 bridgehead atoms. The van der Waals surface area contributed by atoms with E-state index < -0.39 is 0 Å². The van der Waals surface area contributed by atoms with Gasteiger partial charge in [0.15, 0.2) is 5.96 Å². The SMILES string of the molecule is CN=C(NCc1scnc1C)NCC1CCCN1Cc1ccccc1.I. The van der Waals surface area contributed by atoms with E-state index in [1.165, 1.54) is 29.8 Å². The van der Waals surface area contributed by atoms with Gasteiger partial charge < -0.3 is 10.6 Å². The number of nitrogens with zero attached hydrogens (tertiary/aromatic N) is 3. The van der Waals surface area contributed by atoms with Gasteiger partial charge in [0, 0.05) is 31.1 Å². The van der Waals surface area contributed by atoms with Gasteiger partial charge in [0.25, 0.3) is 0 Å². The Hall–Kier alpha value is -1.19. The summed E-state index contributed by atoms with van der Waals surface area (Å²) < 4.78 is 0. The zero-order valence-electron chi connectivity index (χ0n) is 15.4. The molecule has 1 aromatic carbocycles. The molecule has 1 atom stereocenters. The monoisotopic (exact) mass is 485 g/mol. The third-order valence-corrected chi connectivity index (χ3v) is 5.65. The first-order chi connectivity index (χ1) is 12.3. The molecule has 1 fully saturated rings. The van der Waals surface area contributed by atoms with E-state index in [4.69, 9.17) is 0 Å². The summed E-state index contributed by atoms with van der Waals surface area (Å²) in [5.41, 5.74) is 4.37. The fourth-order valence-corrected chi connectivity index (χ4v) is 3.96. The maximum absolute atomic E-state index is 4.35. The molecule has 5 nitrogen and oxygen atoms in total. The number of rotatable bonds is 6. The van der Waals surface area contributed by atoms with Gasteiger partial charge in [-0.25, -0.2) is 4.98 Å². The highest BCUT2D eigenvalue weighted by atomic mass is 127. The molecule has 26 heavy (non-hydrogen) atoms. The number of aryl methyl sites for hydroxylation is 1. The number of hydrogen-bond acceptors (Lipinski definition) is 4. The molecule has 1 aliphatic rings. The quantitative estimate of drug-likeness (QED) is 0.374. The van der Waals surface area contributed by atoms with Crippen molar-refractivity contribution in [2.24, 2.45) is 4.99 Å². The molecule has 0 saturated carbocycles. The highest BCUT2D eigenvalue weighted by Crippen LogP contribution is 2.19. The first kappa shape index (κ1) is 21.1. The molecule has 0 spiro atoms. The van der Waals surface area contributed by atoms with Gasteiger partial charge in [-0.1, -0.05) is 30.3 Å². The molecule has 1 aromatic heterocycles. The first-order valence-corrected chi connectivity index (χ1v) is 9.75. The van der Waals surface area contributed by atoms with E-state index >= 15 is 0 Å².